The van der Waals surface area contributed by atoms with Crippen molar-refractivity contribution in [3.63, 3.8) is 0 Å². The molecular formula is C20H30N2O2. The molecule has 1 unspecified atom stereocenters. The van der Waals surface area contributed by atoms with Crippen molar-refractivity contribution < 1.29 is 9.53 Å². The quantitative estimate of drug-likeness (QED) is 0.927. The summed E-state index contributed by atoms with van der Waals surface area (Å²) in [6.45, 7) is 7.89. The van der Waals surface area contributed by atoms with Gasteiger partial charge < -0.3 is 15.4 Å². The number of likely N-dealkylation sites (tertiary alicyclic amines) is 1. The number of hydrogen-bond acceptors (Lipinski definition) is 3. The van der Waals surface area contributed by atoms with Gasteiger partial charge in [-0.2, -0.15) is 0 Å². The largest absolute Gasteiger partial charge is 0.496 e. The van der Waals surface area contributed by atoms with Gasteiger partial charge >= 0.3 is 0 Å². The van der Waals surface area contributed by atoms with E-state index in [1.165, 1.54) is 0 Å². The molecule has 1 aliphatic heterocycles. The van der Waals surface area contributed by atoms with Gasteiger partial charge in [0.1, 0.15) is 5.75 Å². The van der Waals surface area contributed by atoms with Crippen LogP contribution in [-0.4, -0.2) is 37.0 Å². The van der Waals surface area contributed by atoms with E-state index in [1.807, 2.05) is 6.92 Å². The van der Waals surface area contributed by atoms with Gasteiger partial charge in [-0.05, 0) is 48.8 Å². The van der Waals surface area contributed by atoms with Gasteiger partial charge in [0.05, 0.1) is 12.5 Å². The van der Waals surface area contributed by atoms with Gasteiger partial charge in [-0.25, -0.2) is 0 Å². The van der Waals surface area contributed by atoms with Gasteiger partial charge in [-0.1, -0.05) is 32.4 Å². The molecule has 1 amide bonds. The maximum Gasteiger partial charge on any atom is 0.233 e. The van der Waals surface area contributed by atoms with Crippen molar-refractivity contribution in [2.75, 3.05) is 20.2 Å². The highest BCUT2D eigenvalue weighted by Crippen LogP contribution is 2.47. The maximum atomic E-state index is 13.4. The van der Waals surface area contributed by atoms with Crippen LogP contribution in [0.2, 0.25) is 0 Å². The first-order valence-electron chi connectivity index (χ1n) is 9.00. The van der Waals surface area contributed by atoms with Crippen LogP contribution in [0.25, 0.3) is 0 Å². The molecule has 2 N–H and O–H groups in total. The number of nitrogens with two attached hydrogens (primary N) is 1. The van der Waals surface area contributed by atoms with E-state index in [4.69, 9.17) is 10.5 Å². The van der Waals surface area contributed by atoms with Crippen molar-refractivity contribution in [1.29, 1.82) is 0 Å². The zero-order chi connectivity index (χ0) is 17.5. The Balaban J connectivity index is 1.89. The molecule has 1 aromatic carbocycles. The summed E-state index contributed by atoms with van der Waals surface area (Å²) in [5.41, 5.74) is 8.07. The van der Waals surface area contributed by atoms with E-state index in [0.717, 1.165) is 55.6 Å². The molecule has 4 heteroatoms. The van der Waals surface area contributed by atoms with Crippen molar-refractivity contribution in [3.05, 3.63) is 29.3 Å². The van der Waals surface area contributed by atoms with Crippen LogP contribution in [-0.2, 0) is 10.2 Å². The number of ether oxygens (including phenoxy) is 1. The standard InChI is InChI=1S/C20H30N2O2/c1-14-6-7-15(12-16(14)24-4)20(9-5-10-20)18(23)22-11-8-17(21)19(2,3)13-22/h6-7,12,17H,5,8-11,13,21H2,1-4H3. The van der Waals surface area contributed by atoms with Crippen LogP contribution in [0.4, 0.5) is 0 Å². The number of amides is 1. The highest BCUT2D eigenvalue weighted by Gasteiger charge is 2.49. The fourth-order valence-corrected chi connectivity index (χ4v) is 4.12. The molecule has 1 saturated carbocycles. The van der Waals surface area contributed by atoms with Gasteiger partial charge in [0.2, 0.25) is 5.91 Å². The molecule has 3 rings (SSSR count). The molecule has 2 fully saturated rings. The molecule has 1 saturated heterocycles. The fraction of sp³-hybridized carbons (Fsp3) is 0.650. The Hall–Kier alpha value is -1.55. The number of nitrogens with zero attached hydrogens (tertiary/aromatic N) is 1. The number of carbonyl (C=O) groups excluding carboxylic acids is 1. The lowest BCUT2D eigenvalue weighted by atomic mass is 9.63. The first-order chi connectivity index (χ1) is 11.3. The van der Waals surface area contributed by atoms with Gasteiger partial charge in [0.15, 0.2) is 0 Å². The van der Waals surface area contributed by atoms with Crippen LogP contribution in [0.15, 0.2) is 18.2 Å². The zero-order valence-electron chi connectivity index (χ0n) is 15.4. The smallest absolute Gasteiger partial charge is 0.233 e. The van der Waals surface area contributed by atoms with Crippen molar-refractivity contribution in [2.24, 2.45) is 11.1 Å². The van der Waals surface area contributed by atoms with E-state index >= 15 is 0 Å². The predicted molar refractivity (Wildman–Crippen MR) is 96.2 cm³/mol. The number of methoxy groups -OCH3 is 1. The minimum absolute atomic E-state index is 0.0240. The van der Waals surface area contributed by atoms with E-state index in [9.17, 15) is 4.79 Å². The number of hydrogen-bond donors (Lipinski definition) is 1. The highest BCUT2D eigenvalue weighted by molar-refractivity contribution is 5.89. The van der Waals surface area contributed by atoms with Crippen LogP contribution in [0.3, 0.4) is 0 Å². The van der Waals surface area contributed by atoms with Crippen LogP contribution >= 0.6 is 0 Å². The van der Waals surface area contributed by atoms with Crippen molar-refractivity contribution in [1.82, 2.24) is 4.90 Å². The molecule has 2 aliphatic rings. The predicted octanol–water partition coefficient (Wildman–Crippen LogP) is 3.01. The van der Waals surface area contributed by atoms with Gasteiger partial charge in [0.25, 0.3) is 0 Å². The van der Waals surface area contributed by atoms with E-state index < -0.39 is 0 Å². The van der Waals surface area contributed by atoms with E-state index in [0.29, 0.717) is 0 Å². The highest BCUT2D eigenvalue weighted by atomic mass is 16.5. The zero-order valence-corrected chi connectivity index (χ0v) is 15.4. The van der Waals surface area contributed by atoms with Crippen LogP contribution < -0.4 is 10.5 Å². The Kier molecular flexibility index (Phi) is 4.37. The minimum Gasteiger partial charge on any atom is -0.496 e. The second-order valence-corrected chi connectivity index (χ2v) is 8.23. The fourth-order valence-electron chi connectivity index (χ4n) is 4.12. The second-order valence-electron chi connectivity index (χ2n) is 8.23. The lowest BCUT2D eigenvalue weighted by molar-refractivity contribution is -0.144. The first kappa shape index (κ1) is 17.3. The summed E-state index contributed by atoms with van der Waals surface area (Å²) < 4.78 is 5.48. The Morgan fingerprint density at radius 2 is 2.04 bits per heavy atom. The number of benzene rings is 1. The van der Waals surface area contributed by atoms with Crippen molar-refractivity contribution >= 4 is 5.91 Å². The average Bonchev–Trinajstić information content (AvgIpc) is 2.50. The molecule has 1 heterocycles. The Morgan fingerprint density at radius 1 is 1.33 bits per heavy atom. The number of piperidine rings is 1. The molecule has 1 atom stereocenters. The molecule has 1 aliphatic carbocycles. The minimum atomic E-state index is -0.363. The van der Waals surface area contributed by atoms with E-state index in [1.54, 1.807) is 7.11 Å². The normalized spacial score (nSPS) is 25.0. The number of carbonyl (C=O) groups is 1. The Morgan fingerprint density at radius 3 is 2.58 bits per heavy atom. The maximum absolute atomic E-state index is 13.4. The summed E-state index contributed by atoms with van der Waals surface area (Å²) in [4.78, 5) is 15.5. The van der Waals surface area contributed by atoms with Gasteiger partial charge in [0, 0.05) is 19.1 Å². The van der Waals surface area contributed by atoms with Crippen molar-refractivity contribution in [3.8, 4) is 5.75 Å². The van der Waals surface area contributed by atoms with Gasteiger partial charge in [-0.3, -0.25) is 4.79 Å². The van der Waals surface area contributed by atoms with Crippen molar-refractivity contribution in [2.45, 2.75) is 57.9 Å². The topological polar surface area (TPSA) is 55.6 Å². The summed E-state index contributed by atoms with van der Waals surface area (Å²) in [6.07, 6.45) is 3.85. The third kappa shape index (κ3) is 2.71. The summed E-state index contributed by atoms with van der Waals surface area (Å²) in [7, 11) is 1.69. The first-order valence-corrected chi connectivity index (χ1v) is 9.00. The molecule has 132 valence electrons. The third-order valence-corrected chi connectivity index (χ3v) is 6.18. The summed E-state index contributed by atoms with van der Waals surface area (Å²) in [6, 6.07) is 6.40. The Labute approximate surface area is 145 Å². The summed E-state index contributed by atoms with van der Waals surface area (Å²) in [5, 5.41) is 0. The molecule has 1 aromatic rings. The second kappa shape index (κ2) is 6.07. The molecule has 0 aromatic heterocycles. The van der Waals surface area contributed by atoms with E-state index in [-0.39, 0.29) is 22.8 Å². The van der Waals surface area contributed by atoms with Crippen LogP contribution in [0.5, 0.6) is 5.75 Å². The summed E-state index contributed by atoms with van der Waals surface area (Å²) in [5.74, 6) is 1.15. The van der Waals surface area contributed by atoms with Crippen LogP contribution in [0, 0.1) is 12.3 Å². The molecular weight excluding hydrogens is 300 g/mol. The molecule has 0 bridgehead atoms. The Bertz CT molecular complexity index is 635. The third-order valence-electron chi connectivity index (χ3n) is 6.18. The molecule has 0 radical (unpaired) electrons. The molecule has 0 spiro atoms. The average molecular weight is 330 g/mol. The monoisotopic (exact) mass is 330 g/mol. The van der Waals surface area contributed by atoms with Gasteiger partial charge in [-0.15, -0.1) is 0 Å². The molecule has 24 heavy (non-hydrogen) atoms. The summed E-state index contributed by atoms with van der Waals surface area (Å²) >= 11 is 0. The van der Waals surface area contributed by atoms with Crippen LogP contribution in [0.1, 0.15) is 50.7 Å². The number of aryl methyl sites for hydroxylation is 1. The molecule has 4 nitrogen and oxygen atoms in total. The number of rotatable bonds is 3. The lowest BCUT2D eigenvalue weighted by Crippen LogP contribution is -2.59. The SMILES string of the molecule is COc1cc(C2(C(=O)N3CCC(N)C(C)(C)C3)CCC2)ccc1C. The lowest BCUT2D eigenvalue weighted by Gasteiger charge is -2.49. The van der Waals surface area contributed by atoms with E-state index in [2.05, 4.69) is 36.9 Å².